The van der Waals surface area contributed by atoms with Crippen LogP contribution < -0.4 is 5.73 Å². The van der Waals surface area contributed by atoms with Crippen LogP contribution in [0.2, 0.25) is 0 Å². The highest BCUT2D eigenvalue weighted by atomic mass is 35.5. The van der Waals surface area contributed by atoms with Crippen molar-refractivity contribution in [2.45, 2.75) is 26.8 Å². The van der Waals surface area contributed by atoms with E-state index >= 15 is 0 Å². The molecule has 0 unspecified atom stereocenters. The zero-order chi connectivity index (χ0) is 12.0. The summed E-state index contributed by atoms with van der Waals surface area (Å²) in [7, 11) is 1.54. The van der Waals surface area contributed by atoms with E-state index in [-0.39, 0.29) is 30.8 Å². The Labute approximate surface area is 103 Å². The fourth-order valence-corrected chi connectivity index (χ4v) is 1.02. The summed E-state index contributed by atoms with van der Waals surface area (Å²) < 4.78 is 4.73. The van der Waals surface area contributed by atoms with Gasteiger partial charge < -0.3 is 15.4 Å². The maximum absolute atomic E-state index is 11.6. The predicted octanol–water partition coefficient (Wildman–Crippen LogP) is 0.413. The molecule has 0 bridgehead atoms. The lowest BCUT2D eigenvalue weighted by molar-refractivity contribution is -0.148. The summed E-state index contributed by atoms with van der Waals surface area (Å²) >= 11 is 0. The maximum atomic E-state index is 11.6. The summed E-state index contributed by atoms with van der Waals surface area (Å²) in [5.41, 5.74) is 5.67. The zero-order valence-electron chi connectivity index (χ0n) is 10.2. The van der Waals surface area contributed by atoms with Gasteiger partial charge in [-0.2, -0.15) is 0 Å². The molecule has 2 N–H and O–H groups in total. The van der Waals surface area contributed by atoms with Crippen molar-refractivity contribution >= 4 is 24.3 Å². The first-order valence-corrected chi connectivity index (χ1v) is 5.06. The first-order chi connectivity index (χ1) is 6.90. The first-order valence-electron chi connectivity index (χ1n) is 5.06. The van der Waals surface area contributed by atoms with E-state index in [1.165, 1.54) is 4.90 Å². The van der Waals surface area contributed by atoms with Crippen molar-refractivity contribution in [3.05, 3.63) is 0 Å². The molecule has 5 nitrogen and oxygen atoms in total. The zero-order valence-corrected chi connectivity index (χ0v) is 11.0. The molecule has 0 aromatic carbocycles. The lowest BCUT2D eigenvalue weighted by Gasteiger charge is -2.22. The Morgan fingerprint density at radius 2 is 1.88 bits per heavy atom. The molecule has 0 aliphatic rings. The van der Waals surface area contributed by atoms with Crippen LogP contribution in [-0.4, -0.2) is 43.0 Å². The molecule has 0 spiro atoms. The largest absolute Gasteiger partial charge is 0.465 e. The van der Waals surface area contributed by atoms with Crippen molar-refractivity contribution in [3.8, 4) is 0 Å². The number of nitrogens with two attached hydrogens (primary N) is 1. The van der Waals surface area contributed by atoms with Gasteiger partial charge in [-0.05, 0) is 12.8 Å². The van der Waals surface area contributed by atoms with Crippen molar-refractivity contribution in [3.63, 3.8) is 0 Å². The number of rotatable bonds is 5. The van der Waals surface area contributed by atoms with Crippen LogP contribution >= 0.6 is 12.4 Å². The monoisotopic (exact) mass is 252 g/mol. The van der Waals surface area contributed by atoms with E-state index < -0.39 is 12.0 Å². The second-order valence-corrected chi connectivity index (χ2v) is 3.77. The molecule has 1 atom stereocenters. The van der Waals surface area contributed by atoms with Gasteiger partial charge in [0.15, 0.2) is 0 Å². The molecular weight excluding hydrogens is 232 g/mol. The number of hydrogen-bond acceptors (Lipinski definition) is 4. The number of ether oxygens (including phenoxy) is 1. The number of carbonyl (C=O) groups excluding carboxylic acids is 2. The van der Waals surface area contributed by atoms with Gasteiger partial charge in [0.25, 0.3) is 0 Å². The Balaban J connectivity index is 0. The minimum absolute atomic E-state index is 0. The minimum atomic E-state index is -0.565. The highest BCUT2D eigenvalue weighted by Gasteiger charge is 2.22. The van der Waals surface area contributed by atoms with Gasteiger partial charge in [0.05, 0.1) is 12.6 Å². The Morgan fingerprint density at radius 3 is 2.25 bits per heavy atom. The highest BCUT2D eigenvalue weighted by molar-refractivity contribution is 5.85. The van der Waals surface area contributed by atoms with E-state index in [1.807, 2.05) is 13.8 Å². The van der Waals surface area contributed by atoms with Crippen LogP contribution in [0.1, 0.15) is 20.8 Å². The third-order valence-corrected chi connectivity index (χ3v) is 2.05. The molecule has 1 amide bonds. The average molecular weight is 253 g/mol. The van der Waals surface area contributed by atoms with Crippen LogP contribution in [0.3, 0.4) is 0 Å². The third-order valence-electron chi connectivity index (χ3n) is 2.05. The van der Waals surface area contributed by atoms with Crippen molar-refractivity contribution < 1.29 is 14.3 Å². The Kier molecular flexibility index (Phi) is 9.18. The quantitative estimate of drug-likeness (QED) is 0.720. The molecule has 0 rings (SSSR count). The summed E-state index contributed by atoms with van der Waals surface area (Å²) in [6.07, 6.45) is 0. The van der Waals surface area contributed by atoms with Crippen LogP contribution in [0, 0.1) is 5.92 Å². The lowest BCUT2D eigenvalue weighted by Crippen LogP contribution is -2.46. The average Bonchev–Trinajstić information content (AvgIpc) is 2.15. The van der Waals surface area contributed by atoms with Crippen molar-refractivity contribution in [2.24, 2.45) is 11.7 Å². The molecule has 0 aliphatic heterocycles. The van der Waals surface area contributed by atoms with Crippen LogP contribution in [0.25, 0.3) is 0 Å². The molecule has 0 aromatic rings. The molecule has 0 radical (unpaired) electrons. The normalized spacial score (nSPS) is 11.6. The van der Waals surface area contributed by atoms with Crippen molar-refractivity contribution in [2.75, 3.05) is 20.2 Å². The molecule has 0 heterocycles. The molecular formula is C10H21ClN2O3. The van der Waals surface area contributed by atoms with E-state index in [0.717, 1.165) is 0 Å². The highest BCUT2D eigenvalue weighted by Crippen LogP contribution is 2.02. The Bertz CT molecular complexity index is 234. The van der Waals surface area contributed by atoms with E-state index in [2.05, 4.69) is 0 Å². The summed E-state index contributed by atoms with van der Waals surface area (Å²) in [6.45, 7) is 5.71. The summed E-state index contributed by atoms with van der Waals surface area (Å²) in [5.74, 6) is -0.593. The third kappa shape index (κ3) is 5.92. The van der Waals surface area contributed by atoms with E-state index in [1.54, 1.807) is 14.0 Å². The van der Waals surface area contributed by atoms with Crippen LogP contribution in [0.15, 0.2) is 0 Å². The smallest absolute Gasteiger partial charge is 0.325 e. The molecule has 0 saturated heterocycles. The van der Waals surface area contributed by atoms with Crippen molar-refractivity contribution in [1.82, 2.24) is 4.90 Å². The molecule has 0 aromatic heterocycles. The molecule has 16 heavy (non-hydrogen) atoms. The SMILES string of the molecule is CCOC(=O)CN(C)C(=O)[C@@H](N)C(C)C.Cl. The molecule has 0 saturated carbocycles. The molecule has 0 aliphatic carbocycles. The van der Waals surface area contributed by atoms with E-state index in [4.69, 9.17) is 10.5 Å². The van der Waals surface area contributed by atoms with Gasteiger partial charge in [-0.15, -0.1) is 12.4 Å². The first kappa shape index (κ1) is 17.6. The predicted molar refractivity (Wildman–Crippen MR) is 64.3 cm³/mol. The number of amides is 1. The number of esters is 1. The fourth-order valence-electron chi connectivity index (χ4n) is 1.02. The second kappa shape index (κ2) is 8.35. The van der Waals surface area contributed by atoms with E-state index in [9.17, 15) is 9.59 Å². The summed E-state index contributed by atoms with van der Waals surface area (Å²) in [4.78, 5) is 24.0. The number of halogens is 1. The van der Waals surface area contributed by atoms with Gasteiger partial charge in [-0.3, -0.25) is 9.59 Å². The molecule has 6 heteroatoms. The number of nitrogens with zero attached hydrogens (tertiary/aromatic N) is 1. The second-order valence-electron chi connectivity index (χ2n) is 3.77. The Morgan fingerprint density at radius 1 is 1.38 bits per heavy atom. The molecule has 96 valence electrons. The summed E-state index contributed by atoms with van der Waals surface area (Å²) in [6, 6.07) is -0.565. The minimum Gasteiger partial charge on any atom is -0.465 e. The summed E-state index contributed by atoms with van der Waals surface area (Å²) in [5, 5.41) is 0. The molecule has 0 fully saturated rings. The van der Waals surface area contributed by atoms with Gasteiger partial charge in [-0.25, -0.2) is 0 Å². The standard InChI is InChI=1S/C10H20N2O3.ClH/c1-5-15-8(13)6-12(4)10(14)9(11)7(2)3;/h7,9H,5-6,11H2,1-4H3;1H/t9-;/m0./s1. The Hall–Kier alpha value is -0.810. The number of hydrogen-bond donors (Lipinski definition) is 1. The van der Waals surface area contributed by atoms with Gasteiger partial charge in [0, 0.05) is 7.05 Å². The number of likely N-dealkylation sites (N-methyl/N-ethyl adjacent to an activating group) is 1. The fraction of sp³-hybridized carbons (Fsp3) is 0.800. The topological polar surface area (TPSA) is 72.6 Å². The number of carbonyl (C=O) groups is 2. The van der Waals surface area contributed by atoms with Crippen LogP contribution in [-0.2, 0) is 14.3 Å². The van der Waals surface area contributed by atoms with Gasteiger partial charge in [-0.1, -0.05) is 13.8 Å². The van der Waals surface area contributed by atoms with Crippen LogP contribution in [0.4, 0.5) is 0 Å². The van der Waals surface area contributed by atoms with Gasteiger partial charge in [0.1, 0.15) is 6.54 Å². The van der Waals surface area contributed by atoms with E-state index in [0.29, 0.717) is 6.61 Å². The maximum Gasteiger partial charge on any atom is 0.325 e. The van der Waals surface area contributed by atoms with Gasteiger partial charge >= 0.3 is 5.97 Å². The lowest BCUT2D eigenvalue weighted by atomic mass is 10.0. The van der Waals surface area contributed by atoms with Crippen LogP contribution in [0.5, 0.6) is 0 Å². The van der Waals surface area contributed by atoms with Crippen molar-refractivity contribution in [1.29, 1.82) is 0 Å². The van der Waals surface area contributed by atoms with Gasteiger partial charge in [0.2, 0.25) is 5.91 Å².